The van der Waals surface area contributed by atoms with E-state index in [0.29, 0.717) is 12.4 Å². The lowest BCUT2D eigenvalue weighted by atomic mass is 10.1. The molecule has 11 heteroatoms. The Morgan fingerprint density at radius 3 is 2.29 bits per heavy atom. The molecule has 7 nitrogen and oxygen atoms in total. The van der Waals surface area contributed by atoms with E-state index in [1.54, 1.807) is 6.07 Å². The molecule has 4 rings (SSSR count). The minimum atomic E-state index is -4.73. The van der Waals surface area contributed by atoms with Crippen molar-refractivity contribution < 1.29 is 35.9 Å². The number of rotatable bonds is 6. The zero-order chi connectivity index (χ0) is 24.3. The number of hydrogen-bond acceptors (Lipinski definition) is 5. The van der Waals surface area contributed by atoms with Crippen LogP contribution in [0.1, 0.15) is 22.0 Å². The van der Waals surface area contributed by atoms with Crippen LogP contribution in [0.2, 0.25) is 0 Å². The summed E-state index contributed by atoms with van der Waals surface area (Å²) in [6.07, 6.45) is -4.73. The molecule has 1 aliphatic rings. The van der Waals surface area contributed by atoms with E-state index in [0.717, 1.165) is 6.07 Å². The molecule has 1 aliphatic heterocycles. The van der Waals surface area contributed by atoms with Gasteiger partial charge in [0.15, 0.2) is 17.5 Å². The van der Waals surface area contributed by atoms with Gasteiger partial charge >= 0.3 is 6.18 Å². The molecule has 0 bridgehead atoms. The number of sulfonamides is 1. The average molecular weight is 492 g/mol. The third-order valence-electron chi connectivity index (χ3n) is 4.94. The van der Waals surface area contributed by atoms with Gasteiger partial charge in [-0.1, -0.05) is 36.4 Å². The van der Waals surface area contributed by atoms with Gasteiger partial charge in [-0.05, 0) is 35.9 Å². The van der Waals surface area contributed by atoms with E-state index in [-0.39, 0.29) is 34.1 Å². The minimum Gasteiger partial charge on any atom is -0.486 e. The van der Waals surface area contributed by atoms with E-state index in [1.165, 1.54) is 60.7 Å². The molecule has 0 saturated heterocycles. The molecule has 3 aromatic rings. The van der Waals surface area contributed by atoms with Gasteiger partial charge in [0.1, 0.15) is 13.2 Å². The zero-order valence-electron chi connectivity index (χ0n) is 17.5. The summed E-state index contributed by atoms with van der Waals surface area (Å²) in [7, 11) is -4.08. The smallest absolute Gasteiger partial charge is 0.412 e. The molecule has 1 amide bonds. The number of nitrogens with one attached hydrogen (secondary N) is 2. The van der Waals surface area contributed by atoms with Crippen LogP contribution in [-0.4, -0.2) is 33.7 Å². The number of benzene rings is 3. The standard InChI is InChI=1S/C23H19F3N2O5S/c24-23(25,26)21(15-5-2-1-3-6-15)27-22(29)16-7-4-8-17(13-16)28-34(30,31)18-9-10-19-20(14-18)33-12-11-32-19/h1-10,13-14,21,28H,11-12H2,(H,27,29). The van der Waals surface area contributed by atoms with Crippen LogP contribution in [0, 0.1) is 0 Å². The predicted octanol–water partition coefficient (Wildman–Crippen LogP) is 4.29. The third-order valence-corrected chi connectivity index (χ3v) is 6.32. The lowest BCUT2D eigenvalue weighted by Crippen LogP contribution is -2.38. The first-order valence-corrected chi connectivity index (χ1v) is 11.6. The molecule has 0 fully saturated rings. The van der Waals surface area contributed by atoms with Crippen molar-refractivity contribution in [3.05, 3.63) is 83.9 Å². The lowest BCUT2D eigenvalue weighted by molar-refractivity contribution is -0.155. The van der Waals surface area contributed by atoms with Gasteiger partial charge in [-0.25, -0.2) is 8.42 Å². The van der Waals surface area contributed by atoms with Crippen molar-refractivity contribution in [3.8, 4) is 11.5 Å². The summed E-state index contributed by atoms with van der Waals surface area (Å²) in [4.78, 5) is 12.5. The Morgan fingerprint density at radius 1 is 0.882 bits per heavy atom. The highest BCUT2D eigenvalue weighted by Gasteiger charge is 2.42. The van der Waals surface area contributed by atoms with Crippen molar-refractivity contribution in [2.24, 2.45) is 0 Å². The van der Waals surface area contributed by atoms with E-state index < -0.39 is 28.1 Å². The molecule has 0 aromatic heterocycles. The Hall–Kier alpha value is -3.73. The molecule has 1 heterocycles. The molecule has 1 atom stereocenters. The Morgan fingerprint density at radius 2 is 1.59 bits per heavy atom. The molecule has 0 spiro atoms. The Bertz CT molecular complexity index is 1300. The second kappa shape index (κ2) is 9.26. The van der Waals surface area contributed by atoms with Gasteiger partial charge in [-0.2, -0.15) is 13.2 Å². The largest absolute Gasteiger partial charge is 0.486 e. The van der Waals surface area contributed by atoms with Gasteiger partial charge in [-0.3, -0.25) is 9.52 Å². The number of carbonyl (C=O) groups is 1. The van der Waals surface area contributed by atoms with Crippen LogP contribution in [0.4, 0.5) is 18.9 Å². The fourth-order valence-corrected chi connectivity index (χ4v) is 4.41. The van der Waals surface area contributed by atoms with Crippen LogP contribution in [0.25, 0.3) is 0 Å². The Labute approximate surface area is 193 Å². The highest BCUT2D eigenvalue weighted by atomic mass is 32.2. The van der Waals surface area contributed by atoms with Gasteiger partial charge < -0.3 is 14.8 Å². The molecular weight excluding hydrogens is 473 g/mol. The van der Waals surface area contributed by atoms with E-state index in [4.69, 9.17) is 9.47 Å². The number of halogens is 3. The highest BCUT2D eigenvalue weighted by Crippen LogP contribution is 2.34. The molecule has 2 N–H and O–H groups in total. The van der Waals surface area contributed by atoms with E-state index in [9.17, 15) is 26.4 Å². The maximum Gasteiger partial charge on any atom is 0.412 e. The number of amides is 1. The number of alkyl halides is 3. The summed E-state index contributed by atoms with van der Waals surface area (Å²) in [6.45, 7) is 0.634. The second-order valence-corrected chi connectivity index (χ2v) is 9.03. The first-order chi connectivity index (χ1) is 16.1. The van der Waals surface area contributed by atoms with Crippen LogP contribution in [0.5, 0.6) is 11.5 Å². The zero-order valence-corrected chi connectivity index (χ0v) is 18.3. The SMILES string of the molecule is O=C(NC(c1ccccc1)C(F)(F)F)c1cccc(NS(=O)(=O)c2ccc3c(c2)OCCO3)c1. The normalized spacial score (nSPS) is 14.2. The van der Waals surface area contributed by atoms with Crippen molar-refractivity contribution in [3.63, 3.8) is 0 Å². The van der Waals surface area contributed by atoms with E-state index in [1.807, 2.05) is 5.32 Å². The molecule has 178 valence electrons. The summed E-state index contributed by atoms with van der Waals surface area (Å²) in [5, 5.41) is 1.97. The fraction of sp³-hybridized carbons (Fsp3) is 0.174. The quantitative estimate of drug-likeness (QED) is 0.536. The van der Waals surface area contributed by atoms with Crippen molar-refractivity contribution in [1.29, 1.82) is 0 Å². The van der Waals surface area contributed by atoms with Crippen LogP contribution >= 0.6 is 0 Å². The topological polar surface area (TPSA) is 93.7 Å². The van der Waals surface area contributed by atoms with Crippen molar-refractivity contribution in [2.75, 3.05) is 17.9 Å². The van der Waals surface area contributed by atoms with Crippen LogP contribution < -0.4 is 19.5 Å². The first-order valence-electron chi connectivity index (χ1n) is 10.1. The molecule has 0 aliphatic carbocycles. The van der Waals surface area contributed by atoms with Crippen molar-refractivity contribution in [1.82, 2.24) is 5.32 Å². The molecular formula is C23H19F3N2O5S. The average Bonchev–Trinajstić information content (AvgIpc) is 2.81. The molecule has 3 aromatic carbocycles. The summed E-state index contributed by atoms with van der Waals surface area (Å²) in [5.74, 6) is -0.311. The number of hydrogen-bond donors (Lipinski definition) is 2. The number of carbonyl (C=O) groups excluding carboxylic acids is 1. The van der Waals surface area contributed by atoms with Gasteiger partial charge in [-0.15, -0.1) is 0 Å². The summed E-state index contributed by atoms with van der Waals surface area (Å²) in [5.41, 5.74) is -0.267. The highest BCUT2D eigenvalue weighted by molar-refractivity contribution is 7.92. The maximum atomic E-state index is 13.6. The molecule has 1 unspecified atom stereocenters. The van der Waals surface area contributed by atoms with Crippen LogP contribution in [0.3, 0.4) is 0 Å². The second-order valence-electron chi connectivity index (χ2n) is 7.35. The molecule has 34 heavy (non-hydrogen) atoms. The van der Waals surface area contributed by atoms with Gasteiger partial charge in [0.05, 0.1) is 4.90 Å². The first kappa shape index (κ1) is 23.4. The Kier molecular flexibility index (Phi) is 6.38. The predicted molar refractivity (Wildman–Crippen MR) is 117 cm³/mol. The minimum absolute atomic E-state index is 0.00538. The van der Waals surface area contributed by atoms with E-state index in [2.05, 4.69) is 4.72 Å². The third kappa shape index (κ3) is 5.25. The maximum absolute atomic E-state index is 13.6. The Balaban J connectivity index is 1.54. The summed E-state index contributed by atoms with van der Waals surface area (Å²) >= 11 is 0. The van der Waals surface area contributed by atoms with Gasteiger partial charge in [0, 0.05) is 17.3 Å². The number of ether oxygens (including phenoxy) is 2. The van der Waals surface area contributed by atoms with Crippen molar-refractivity contribution >= 4 is 21.6 Å². The number of anilines is 1. The molecule has 0 radical (unpaired) electrons. The summed E-state index contributed by atoms with van der Waals surface area (Å²) < 4.78 is 79.4. The fourth-order valence-electron chi connectivity index (χ4n) is 3.34. The lowest BCUT2D eigenvalue weighted by Gasteiger charge is -2.22. The van der Waals surface area contributed by atoms with Crippen LogP contribution in [-0.2, 0) is 10.0 Å². The van der Waals surface area contributed by atoms with Gasteiger partial charge in [0.25, 0.3) is 15.9 Å². The van der Waals surface area contributed by atoms with Crippen LogP contribution in [0.15, 0.2) is 77.7 Å². The molecule has 0 saturated carbocycles. The van der Waals surface area contributed by atoms with Crippen molar-refractivity contribution in [2.45, 2.75) is 17.1 Å². The van der Waals surface area contributed by atoms with Gasteiger partial charge in [0.2, 0.25) is 0 Å². The number of fused-ring (bicyclic) bond motifs is 1. The van der Waals surface area contributed by atoms with E-state index >= 15 is 0 Å². The summed E-state index contributed by atoms with van der Waals surface area (Å²) in [6, 6.07) is 14.0. The monoisotopic (exact) mass is 492 g/mol.